The Morgan fingerprint density at radius 1 is 1.47 bits per heavy atom. The summed E-state index contributed by atoms with van der Waals surface area (Å²) in [5.41, 5.74) is 0.534. The standard InChI is InChI=1S/C12H15FO2/c1-15-11-9(4-2-5-10(11)13)12(8-14)6-3-7-12/h2,4-5,14H,3,6-8H2,1H3. The lowest BCUT2D eigenvalue weighted by molar-refractivity contribution is 0.116. The van der Waals surface area contributed by atoms with Gasteiger partial charge in [-0.2, -0.15) is 0 Å². The van der Waals surface area contributed by atoms with Crippen LogP contribution in [0.25, 0.3) is 0 Å². The van der Waals surface area contributed by atoms with Crippen molar-refractivity contribution in [2.75, 3.05) is 13.7 Å². The zero-order valence-electron chi connectivity index (χ0n) is 8.79. The minimum Gasteiger partial charge on any atom is -0.493 e. The van der Waals surface area contributed by atoms with Crippen molar-refractivity contribution in [1.82, 2.24) is 0 Å². The lowest BCUT2D eigenvalue weighted by Gasteiger charge is -2.41. The number of aliphatic hydroxyl groups excluding tert-OH is 1. The van der Waals surface area contributed by atoms with E-state index in [2.05, 4.69) is 0 Å². The third-order valence-corrected chi connectivity index (χ3v) is 3.36. The predicted octanol–water partition coefficient (Wildman–Crippen LogP) is 2.25. The van der Waals surface area contributed by atoms with Crippen LogP contribution >= 0.6 is 0 Å². The maximum absolute atomic E-state index is 13.5. The summed E-state index contributed by atoms with van der Waals surface area (Å²) in [7, 11) is 1.46. The molecule has 82 valence electrons. The first-order valence-electron chi connectivity index (χ1n) is 5.17. The zero-order chi connectivity index (χ0) is 10.9. The molecule has 1 fully saturated rings. The summed E-state index contributed by atoms with van der Waals surface area (Å²) in [5, 5.41) is 9.42. The summed E-state index contributed by atoms with van der Waals surface area (Å²) in [4.78, 5) is 0. The molecule has 1 N–H and O–H groups in total. The second-order valence-corrected chi connectivity index (χ2v) is 4.11. The van der Waals surface area contributed by atoms with Crippen molar-refractivity contribution >= 4 is 0 Å². The summed E-state index contributed by atoms with van der Waals surface area (Å²) < 4.78 is 18.5. The molecule has 2 rings (SSSR count). The monoisotopic (exact) mass is 210 g/mol. The fraction of sp³-hybridized carbons (Fsp3) is 0.500. The normalized spacial score (nSPS) is 18.3. The molecule has 1 aliphatic rings. The van der Waals surface area contributed by atoms with Gasteiger partial charge in [0.25, 0.3) is 0 Å². The third-order valence-electron chi connectivity index (χ3n) is 3.36. The molecule has 1 aliphatic carbocycles. The first-order chi connectivity index (χ1) is 7.23. The van der Waals surface area contributed by atoms with Crippen LogP contribution in [0.4, 0.5) is 4.39 Å². The van der Waals surface area contributed by atoms with E-state index in [0.29, 0.717) is 0 Å². The van der Waals surface area contributed by atoms with Gasteiger partial charge in [0.15, 0.2) is 11.6 Å². The average Bonchev–Trinajstić information content (AvgIpc) is 2.17. The Balaban J connectivity index is 2.46. The Morgan fingerprint density at radius 3 is 2.67 bits per heavy atom. The van der Waals surface area contributed by atoms with Crippen LogP contribution in [0.1, 0.15) is 24.8 Å². The second kappa shape index (κ2) is 3.81. The smallest absolute Gasteiger partial charge is 0.165 e. The van der Waals surface area contributed by atoms with Crippen molar-refractivity contribution in [3.8, 4) is 5.75 Å². The molecule has 0 heterocycles. The van der Waals surface area contributed by atoms with Gasteiger partial charge in [0, 0.05) is 11.0 Å². The first kappa shape index (κ1) is 10.4. The Labute approximate surface area is 88.7 Å². The van der Waals surface area contributed by atoms with Crippen molar-refractivity contribution in [2.24, 2.45) is 0 Å². The molecule has 2 nitrogen and oxygen atoms in total. The minimum atomic E-state index is -0.352. The van der Waals surface area contributed by atoms with Crippen LogP contribution in [-0.4, -0.2) is 18.8 Å². The number of ether oxygens (including phenoxy) is 1. The van der Waals surface area contributed by atoms with Gasteiger partial charge in [0.1, 0.15) is 0 Å². The molecule has 0 atom stereocenters. The summed E-state index contributed by atoms with van der Waals surface area (Å²) in [6.07, 6.45) is 2.90. The molecule has 0 spiro atoms. The molecule has 15 heavy (non-hydrogen) atoms. The first-order valence-corrected chi connectivity index (χ1v) is 5.17. The highest BCUT2D eigenvalue weighted by molar-refractivity contribution is 5.42. The molecule has 1 aromatic carbocycles. The number of halogens is 1. The summed E-state index contributed by atoms with van der Waals surface area (Å²) in [6, 6.07) is 4.90. The van der Waals surface area contributed by atoms with Crippen molar-refractivity contribution in [1.29, 1.82) is 0 Å². The molecule has 1 saturated carbocycles. The van der Waals surface area contributed by atoms with Crippen molar-refractivity contribution in [2.45, 2.75) is 24.7 Å². The third kappa shape index (κ3) is 1.51. The van der Waals surface area contributed by atoms with E-state index in [1.807, 2.05) is 6.07 Å². The molecular formula is C12H15FO2. The Bertz CT molecular complexity index is 353. The minimum absolute atomic E-state index is 0.0623. The zero-order valence-corrected chi connectivity index (χ0v) is 8.79. The van der Waals surface area contributed by atoms with Gasteiger partial charge in [-0.3, -0.25) is 0 Å². The molecule has 3 heteroatoms. The van der Waals surface area contributed by atoms with E-state index in [-0.39, 0.29) is 23.6 Å². The highest BCUT2D eigenvalue weighted by Gasteiger charge is 2.40. The van der Waals surface area contributed by atoms with E-state index in [0.717, 1.165) is 24.8 Å². The lowest BCUT2D eigenvalue weighted by Crippen LogP contribution is -2.38. The Morgan fingerprint density at radius 2 is 2.20 bits per heavy atom. The van der Waals surface area contributed by atoms with E-state index in [9.17, 15) is 9.50 Å². The van der Waals surface area contributed by atoms with Crippen molar-refractivity contribution in [3.05, 3.63) is 29.6 Å². The molecule has 1 aromatic rings. The molecule has 0 unspecified atom stereocenters. The number of benzene rings is 1. The van der Waals surface area contributed by atoms with E-state index < -0.39 is 0 Å². The second-order valence-electron chi connectivity index (χ2n) is 4.11. The maximum Gasteiger partial charge on any atom is 0.165 e. The van der Waals surface area contributed by atoms with Gasteiger partial charge in [-0.1, -0.05) is 18.6 Å². The Hall–Kier alpha value is -1.09. The van der Waals surface area contributed by atoms with Gasteiger partial charge in [0.05, 0.1) is 13.7 Å². The van der Waals surface area contributed by atoms with Crippen LogP contribution in [0.15, 0.2) is 18.2 Å². The van der Waals surface area contributed by atoms with Crippen LogP contribution in [0.2, 0.25) is 0 Å². The molecular weight excluding hydrogens is 195 g/mol. The number of methoxy groups -OCH3 is 1. The fourth-order valence-electron chi connectivity index (χ4n) is 2.25. The van der Waals surface area contributed by atoms with Gasteiger partial charge in [0.2, 0.25) is 0 Å². The van der Waals surface area contributed by atoms with Gasteiger partial charge in [-0.15, -0.1) is 0 Å². The highest BCUT2D eigenvalue weighted by Crippen LogP contribution is 2.47. The van der Waals surface area contributed by atoms with Crippen molar-refractivity contribution < 1.29 is 14.2 Å². The number of rotatable bonds is 3. The summed E-state index contributed by atoms with van der Waals surface area (Å²) in [5.74, 6) is -0.0685. The van der Waals surface area contributed by atoms with Gasteiger partial charge in [-0.25, -0.2) is 4.39 Å². The molecule has 0 bridgehead atoms. The quantitative estimate of drug-likeness (QED) is 0.829. The number of hydrogen-bond acceptors (Lipinski definition) is 2. The summed E-state index contributed by atoms with van der Waals surface area (Å²) >= 11 is 0. The van der Waals surface area contributed by atoms with Crippen LogP contribution in [-0.2, 0) is 5.41 Å². The maximum atomic E-state index is 13.5. The van der Waals surface area contributed by atoms with E-state index in [4.69, 9.17) is 4.74 Å². The van der Waals surface area contributed by atoms with Crippen LogP contribution in [0.3, 0.4) is 0 Å². The molecule has 0 amide bonds. The van der Waals surface area contributed by atoms with Gasteiger partial charge >= 0.3 is 0 Å². The van der Waals surface area contributed by atoms with E-state index >= 15 is 0 Å². The van der Waals surface area contributed by atoms with Crippen molar-refractivity contribution in [3.63, 3.8) is 0 Å². The van der Waals surface area contributed by atoms with Gasteiger partial charge in [-0.05, 0) is 18.9 Å². The highest BCUT2D eigenvalue weighted by atomic mass is 19.1. The number of para-hydroxylation sites is 1. The van der Waals surface area contributed by atoms with Gasteiger partial charge < -0.3 is 9.84 Å². The van der Waals surface area contributed by atoms with Crippen LogP contribution in [0.5, 0.6) is 5.75 Å². The average molecular weight is 210 g/mol. The number of aliphatic hydroxyl groups is 1. The molecule has 0 aromatic heterocycles. The van der Waals surface area contributed by atoms with E-state index in [1.54, 1.807) is 6.07 Å². The van der Waals surface area contributed by atoms with E-state index in [1.165, 1.54) is 13.2 Å². The fourth-order valence-corrected chi connectivity index (χ4v) is 2.25. The predicted molar refractivity (Wildman–Crippen MR) is 55.6 cm³/mol. The number of hydrogen-bond donors (Lipinski definition) is 1. The largest absolute Gasteiger partial charge is 0.493 e. The SMILES string of the molecule is COc1c(F)cccc1C1(CO)CCC1. The topological polar surface area (TPSA) is 29.5 Å². The lowest BCUT2D eigenvalue weighted by atomic mass is 9.65. The summed E-state index contributed by atoms with van der Waals surface area (Å²) in [6.45, 7) is 0.0623. The van der Waals surface area contributed by atoms with Crippen LogP contribution in [0, 0.1) is 5.82 Å². The molecule has 0 aliphatic heterocycles. The van der Waals surface area contributed by atoms with Crippen LogP contribution < -0.4 is 4.74 Å². The molecule has 0 radical (unpaired) electrons. The Kier molecular flexibility index (Phi) is 2.65. The molecule has 0 saturated heterocycles.